The van der Waals surface area contributed by atoms with Gasteiger partial charge in [-0.3, -0.25) is 0 Å². The highest BCUT2D eigenvalue weighted by Gasteiger charge is 2.37. The highest BCUT2D eigenvalue weighted by molar-refractivity contribution is 5.67. The van der Waals surface area contributed by atoms with E-state index in [4.69, 9.17) is 5.11 Å². The summed E-state index contributed by atoms with van der Waals surface area (Å²) in [7, 11) is 0. The molecule has 0 radical (unpaired) electrons. The third kappa shape index (κ3) is 6.43. The van der Waals surface area contributed by atoms with Crippen molar-refractivity contribution in [3.63, 3.8) is 0 Å². The van der Waals surface area contributed by atoms with E-state index in [1.807, 2.05) is 0 Å². The zero-order valence-electron chi connectivity index (χ0n) is 17.7. The van der Waals surface area contributed by atoms with Gasteiger partial charge in [0.15, 0.2) is 17.5 Å². The van der Waals surface area contributed by atoms with Gasteiger partial charge < -0.3 is 21.1 Å². The lowest BCUT2D eigenvalue weighted by atomic mass is 9.90. The number of aromatic nitrogens is 1. The molecule has 0 unspecified atom stereocenters. The Balaban J connectivity index is 1.98. The number of hydrogen-bond donors (Lipinski definition) is 4. The molecule has 0 saturated heterocycles. The zero-order chi connectivity index (χ0) is 26.0. The lowest BCUT2D eigenvalue weighted by Gasteiger charge is -2.32. The summed E-state index contributed by atoms with van der Waals surface area (Å²) in [6.07, 6.45) is -9.16. The predicted molar refractivity (Wildman–Crippen MR) is 109 cm³/mol. The Labute approximate surface area is 194 Å². The van der Waals surface area contributed by atoms with Crippen LogP contribution in [0.15, 0.2) is 24.3 Å². The molecule has 1 amide bonds. The first-order valence-corrected chi connectivity index (χ1v) is 10.2. The molecular formula is C21H18F7N5O2. The minimum absolute atomic E-state index is 0.0554. The van der Waals surface area contributed by atoms with E-state index in [1.54, 1.807) is 6.07 Å². The van der Waals surface area contributed by atoms with Crippen molar-refractivity contribution in [3.05, 3.63) is 46.8 Å². The Morgan fingerprint density at radius 3 is 2.06 bits per heavy atom. The van der Waals surface area contributed by atoms with Crippen LogP contribution in [0.25, 0.3) is 0 Å². The first-order valence-electron chi connectivity index (χ1n) is 10.2. The smallest absolute Gasteiger partial charge is 0.416 e. The summed E-state index contributed by atoms with van der Waals surface area (Å²) in [6, 6.07) is 1.88. The number of rotatable bonds is 5. The Bertz CT molecular complexity index is 1110. The molecule has 1 fully saturated rings. The van der Waals surface area contributed by atoms with E-state index in [2.05, 4.69) is 20.9 Å². The number of nitriles is 1. The second kappa shape index (κ2) is 9.85. The predicted octanol–water partition coefficient (Wildman–Crippen LogP) is 5.86. The van der Waals surface area contributed by atoms with Crippen molar-refractivity contribution in [1.29, 1.82) is 5.26 Å². The van der Waals surface area contributed by atoms with E-state index in [-0.39, 0.29) is 6.07 Å². The standard InChI is InChI=1S/C21H18F7N5O2/c22-14-5-10(9-29)17(33-18(14)31-15-3-1-2-4-16(15)32-19(34)35)30-13-7-11(20(23,24)25)6-12(8-13)21(26,27)28/h5-8,15-16,32H,1-4H2,(H,34,35)(H2,30,31,33)/t15-,16+/m1/s1. The maximum atomic E-state index is 14.6. The van der Waals surface area contributed by atoms with Crippen molar-refractivity contribution >= 4 is 23.4 Å². The van der Waals surface area contributed by atoms with Crippen molar-refractivity contribution in [3.8, 4) is 6.07 Å². The average molecular weight is 505 g/mol. The lowest BCUT2D eigenvalue weighted by Crippen LogP contribution is -2.48. The molecule has 1 aromatic heterocycles. The molecule has 35 heavy (non-hydrogen) atoms. The SMILES string of the molecule is N#Cc1cc(F)c(N[C@@H]2CCCC[C@@H]2NC(=O)O)nc1Nc1cc(C(F)(F)F)cc(C(F)(F)F)c1. The zero-order valence-corrected chi connectivity index (χ0v) is 17.7. The summed E-state index contributed by atoms with van der Waals surface area (Å²) < 4.78 is 93.5. The Morgan fingerprint density at radius 2 is 1.54 bits per heavy atom. The van der Waals surface area contributed by atoms with Crippen molar-refractivity contribution < 1.29 is 40.6 Å². The molecule has 7 nitrogen and oxygen atoms in total. The Morgan fingerprint density at radius 1 is 0.971 bits per heavy atom. The molecule has 4 N–H and O–H groups in total. The maximum absolute atomic E-state index is 14.6. The number of carbonyl (C=O) groups is 1. The summed E-state index contributed by atoms with van der Waals surface area (Å²) in [6.45, 7) is 0. The number of amides is 1. The van der Waals surface area contributed by atoms with Gasteiger partial charge in [0.05, 0.1) is 22.7 Å². The largest absolute Gasteiger partial charge is 0.465 e. The maximum Gasteiger partial charge on any atom is 0.416 e. The van der Waals surface area contributed by atoms with Gasteiger partial charge in [-0.15, -0.1) is 0 Å². The van der Waals surface area contributed by atoms with Crippen LogP contribution in [-0.4, -0.2) is 28.3 Å². The normalized spacial score (nSPS) is 18.5. The number of halogens is 7. The second-order valence-electron chi connectivity index (χ2n) is 7.84. The summed E-state index contributed by atoms with van der Waals surface area (Å²) in [4.78, 5) is 14.9. The fourth-order valence-corrected chi connectivity index (χ4v) is 3.75. The highest BCUT2D eigenvalue weighted by Crippen LogP contribution is 2.38. The van der Waals surface area contributed by atoms with Crippen LogP contribution >= 0.6 is 0 Å². The lowest BCUT2D eigenvalue weighted by molar-refractivity contribution is -0.143. The van der Waals surface area contributed by atoms with Gasteiger partial charge in [0.2, 0.25) is 0 Å². The molecule has 3 rings (SSSR count). The van der Waals surface area contributed by atoms with Gasteiger partial charge >= 0.3 is 18.4 Å². The van der Waals surface area contributed by atoms with E-state index in [9.17, 15) is 40.8 Å². The third-order valence-corrected chi connectivity index (χ3v) is 5.34. The molecule has 1 aliphatic carbocycles. The molecule has 14 heteroatoms. The number of nitrogens with zero attached hydrogens (tertiary/aromatic N) is 2. The molecule has 1 saturated carbocycles. The topological polar surface area (TPSA) is 110 Å². The highest BCUT2D eigenvalue weighted by atomic mass is 19.4. The summed E-state index contributed by atoms with van der Waals surface area (Å²) >= 11 is 0. The average Bonchev–Trinajstić information content (AvgIpc) is 2.75. The van der Waals surface area contributed by atoms with Gasteiger partial charge in [-0.25, -0.2) is 14.2 Å². The molecule has 2 aromatic rings. The first-order chi connectivity index (χ1) is 16.3. The van der Waals surface area contributed by atoms with Gasteiger partial charge in [0, 0.05) is 11.7 Å². The number of benzene rings is 1. The van der Waals surface area contributed by atoms with Crippen LogP contribution in [0.1, 0.15) is 42.4 Å². The second-order valence-corrected chi connectivity index (χ2v) is 7.84. The molecule has 1 heterocycles. The van der Waals surface area contributed by atoms with Gasteiger partial charge in [-0.2, -0.15) is 31.6 Å². The van der Waals surface area contributed by atoms with E-state index in [0.29, 0.717) is 31.4 Å². The fraction of sp³-hybridized carbons (Fsp3) is 0.381. The minimum Gasteiger partial charge on any atom is -0.465 e. The molecular weight excluding hydrogens is 487 g/mol. The minimum atomic E-state index is -5.09. The Kier molecular flexibility index (Phi) is 7.27. The first kappa shape index (κ1) is 25.9. The number of carboxylic acid groups (broad SMARTS) is 1. The van der Waals surface area contributed by atoms with Crippen molar-refractivity contribution in [2.75, 3.05) is 10.6 Å². The van der Waals surface area contributed by atoms with Crippen LogP contribution in [0.3, 0.4) is 0 Å². The number of pyridine rings is 1. The van der Waals surface area contributed by atoms with Gasteiger partial charge in [-0.1, -0.05) is 12.8 Å². The molecule has 0 aliphatic heterocycles. The van der Waals surface area contributed by atoms with Gasteiger partial charge in [0.1, 0.15) is 6.07 Å². The molecule has 0 bridgehead atoms. The monoisotopic (exact) mass is 505 g/mol. The van der Waals surface area contributed by atoms with E-state index in [1.165, 1.54) is 0 Å². The van der Waals surface area contributed by atoms with Crippen LogP contribution in [0, 0.1) is 17.1 Å². The third-order valence-electron chi connectivity index (χ3n) is 5.34. The molecule has 188 valence electrons. The molecule has 0 spiro atoms. The van der Waals surface area contributed by atoms with Crippen LogP contribution in [0.2, 0.25) is 0 Å². The van der Waals surface area contributed by atoms with Crippen molar-refractivity contribution in [2.24, 2.45) is 0 Å². The van der Waals surface area contributed by atoms with Crippen molar-refractivity contribution in [1.82, 2.24) is 10.3 Å². The molecule has 1 aromatic carbocycles. The Hall–Kier alpha value is -3.76. The number of nitrogens with one attached hydrogen (secondary N) is 3. The van der Waals surface area contributed by atoms with E-state index in [0.717, 1.165) is 12.5 Å². The fourth-order valence-electron chi connectivity index (χ4n) is 3.75. The van der Waals surface area contributed by atoms with E-state index >= 15 is 0 Å². The quantitative estimate of drug-likeness (QED) is 0.379. The summed E-state index contributed by atoms with van der Waals surface area (Å²) in [5, 5.41) is 25.6. The number of anilines is 3. The van der Waals surface area contributed by atoms with E-state index < -0.39 is 70.4 Å². The molecule has 1 aliphatic rings. The van der Waals surface area contributed by atoms with Gasteiger partial charge in [0.25, 0.3) is 0 Å². The van der Waals surface area contributed by atoms with Crippen molar-refractivity contribution in [2.45, 2.75) is 50.1 Å². The van der Waals surface area contributed by atoms with Crippen LogP contribution in [0.4, 0.5) is 52.9 Å². The van der Waals surface area contributed by atoms with Gasteiger partial charge in [-0.05, 0) is 37.1 Å². The molecule has 2 atom stereocenters. The van der Waals surface area contributed by atoms with Crippen LogP contribution in [0.5, 0.6) is 0 Å². The number of alkyl halides is 6. The van der Waals surface area contributed by atoms with Crippen LogP contribution in [-0.2, 0) is 12.4 Å². The summed E-state index contributed by atoms with van der Waals surface area (Å²) in [5.74, 6) is -1.94. The van der Waals surface area contributed by atoms with Crippen LogP contribution < -0.4 is 16.0 Å². The summed E-state index contributed by atoms with van der Waals surface area (Å²) in [5.41, 5.74) is -4.31. The number of hydrogen-bond acceptors (Lipinski definition) is 5.